The molecule has 0 saturated heterocycles. The average molecular weight is 261 g/mol. The van der Waals surface area contributed by atoms with E-state index < -0.39 is 6.10 Å². The van der Waals surface area contributed by atoms with Gasteiger partial charge in [-0.05, 0) is 31.5 Å². The molecule has 102 valence electrons. The van der Waals surface area contributed by atoms with Crippen LogP contribution in [0.3, 0.4) is 0 Å². The number of rotatable bonds is 6. The molecule has 1 atom stereocenters. The van der Waals surface area contributed by atoms with E-state index in [9.17, 15) is 4.79 Å². The number of carbonyl (C=O) groups excluding carboxylic acids is 1. The second-order valence-electron chi connectivity index (χ2n) is 4.27. The van der Waals surface area contributed by atoms with Crippen molar-refractivity contribution >= 4 is 11.6 Å². The van der Waals surface area contributed by atoms with Crippen LogP contribution >= 0.6 is 0 Å². The highest BCUT2D eigenvalue weighted by molar-refractivity contribution is 5.80. The molecule has 0 saturated carbocycles. The molecule has 1 amide bonds. The van der Waals surface area contributed by atoms with Gasteiger partial charge in [-0.3, -0.25) is 4.79 Å². The number of amides is 1. The molecule has 19 heavy (non-hydrogen) atoms. The molecule has 0 radical (unpaired) electrons. The van der Waals surface area contributed by atoms with Crippen molar-refractivity contribution in [2.24, 2.45) is 0 Å². The number of nitrogens with zero attached hydrogens (tertiary/aromatic N) is 1. The maximum atomic E-state index is 11.7. The van der Waals surface area contributed by atoms with E-state index in [-0.39, 0.29) is 5.91 Å². The molecule has 5 nitrogen and oxygen atoms in total. The highest BCUT2D eigenvalue weighted by atomic mass is 16.5. The van der Waals surface area contributed by atoms with Gasteiger partial charge in [0.15, 0.2) is 6.10 Å². The van der Waals surface area contributed by atoms with Crippen LogP contribution in [0.5, 0.6) is 5.75 Å². The lowest BCUT2D eigenvalue weighted by Crippen LogP contribution is -2.36. The van der Waals surface area contributed by atoms with Gasteiger partial charge in [-0.15, -0.1) is 0 Å². The van der Waals surface area contributed by atoms with E-state index >= 15 is 0 Å². The van der Waals surface area contributed by atoms with Gasteiger partial charge in [0.25, 0.3) is 5.91 Å². The van der Waals surface area contributed by atoms with Gasteiger partial charge in [-0.25, -0.2) is 0 Å². The van der Waals surface area contributed by atoms with Crippen LogP contribution in [0.15, 0.2) is 18.2 Å². The Morgan fingerprint density at radius 3 is 2.89 bits per heavy atom. The zero-order valence-corrected chi connectivity index (χ0v) is 11.3. The van der Waals surface area contributed by atoms with Crippen molar-refractivity contribution in [3.05, 3.63) is 23.8 Å². The van der Waals surface area contributed by atoms with Gasteiger partial charge < -0.3 is 15.8 Å². The van der Waals surface area contributed by atoms with Crippen LogP contribution in [0, 0.1) is 11.3 Å². The number of nitrogens with one attached hydrogen (secondary N) is 1. The van der Waals surface area contributed by atoms with E-state index in [1.54, 1.807) is 19.1 Å². The molecule has 1 rings (SSSR count). The number of benzene rings is 1. The number of nitrogens with two attached hydrogens (primary N) is 1. The average Bonchev–Trinajstić information content (AvgIpc) is 2.41. The van der Waals surface area contributed by atoms with E-state index in [1.807, 2.05) is 6.07 Å². The third-order valence-corrected chi connectivity index (χ3v) is 2.64. The fourth-order valence-electron chi connectivity index (χ4n) is 1.50. The SMILES string of the molecule is CCCCNC(=O)C(C)Oc1ccc(C#N)cc1N. The predicted octanol–water partition coefficient (Wildman–Crippen LogP) is 1.82. The minimum Gasteiger partial charge on any atom is -0.479 e. The lowest BCUT2D eigenvalue weighted by atomic mass is 10.2. The van der Waals surface area contributed by atoms with Gasteiger partial charge in [0.1, 0.15) is 5.75 Å². The molecule has 0 aliphatic rings. The highest BCUT2D eigenvalue weighted by Gasteiger charge is 2.15. The van der Waals surface area contributed by atoms with Crippen LogP contribution in [0.1, 0.15) is 32.3 Å². The van der Waals surface area contributed by atoms with E-state index in [1.165, 1.54) is 6.07 Å². The number of nitrogen functional groups attached to an aromatic ring is 1. The summed E-state index contributed by atoms with van der Waals surface area (Å²) in [5, 5.41) is 11.5. The van der Waals surface area contributed by atoms with Gasteiger partial charge in [-0.1, -0.05) is 13.3 Å². The summed E-state index contributed by atoms with van der Waals surface area (Å²) >= 11 is 0. The Balaban J connectivity index is 2.59. The summed E-state index contributed by atoms with van der Waals surface area (Å²) in [6.07, 6.45) is 1.35. The molecule has 0 bridgehead atoms. The third-order valence-electron chi connectivity index (χ3n) is 2.64. The number of unbranched alkanes of at least 4 members (excludes halogenated alkanes) is 1. The fraction of sp³-hybridized carbons (Fsp3) is 0.429. The Bertz CT molecular complexity index is 480. The smallest absolute Gasteiger partial charge is 0.260 e. The van der Waals surface area contributed by atoms with E-state index in [0.717, 1.165) is 12.8 Å². The number of nitriles is 1. The number of ether oxygens (including phenoxy) is 1. The normalized spacial score (nSPS) is 11.4. The van der Waals surface area contributed by atoms with Gasteiger partial charge in [0, 0.05) is 6.54 Å². The van der Waals surface area contributed by atoms with Crippen LogP contribution in [-0.4, -0.2) is 18.6 Å². The first-order valence-electron chi connectivity index (χ1n) is 6.32. The quantitative estimate of drug-likeness (QED) is 0.604. The fourth-order valence-corrected chi connectivity index (χ4v) is 1.50. The first kappa shape index (κ1) is 14.8. The third kappa shape index (κ3) is 4.51. The van der Waals surface area contributed by atoms with E-state index in [2.05, 4.69) is 12.2 Å². The second-order valence-corrected chi connectivity index (χ2v) is 4.27. The second kappa shape index (κ2) is 7.27. The van der Waals surface area contributed by atoms with Crippen molar-refractivity contribution in [2.75, 3.05) is 12.3 Å². The highest BCUT2D eigenvalue weighted by Crippen LogP contribution is 2.23. The minimum atomic E-state index is -0.618. The molecule has 3 N–H and O–H groups in total. The summed E-state index contributed by atoms with van der Waals surface area (Å²) in [5.74, 6) is 0.245. The molecule has 0 fully saturated rings. The Morgan fingerprint density at radius 1 is 1.58 bits per heavy atom. The van der Waals surface area contributed by atoms with Crippen LogP contribution in [0.2, 0.25) is 0 Å². The Labute approximate surface area is 113 Å². The number of carbonyl (C=O) groups is 1. The first-order chi connectivity index (χ1) is 9.08. The van der Waals surface area contributed by atoms with Crippen LogP contribution in [-0.2, 0) is 4.79 Å². The van der Waals surface area contributed by atoms with E-state index in [0.29, 0.717) is 23.5 Å². The van der Waals surface area contributed by atoms with Crippen LogP contribution in [0.4, 0.5) is 5.69 Å². The maximum Gasteiger partial charge on any atom is 0.260 e. The van der Waals surface area contributed by atoms with Gasteiger partial charge >= 0.3 is 0 Å². The number of anilines is 1. The molecule has 5 heteroatoms. The zero-order valence-electron chi connectivity index (χ0n) is 11.3. The molecule has 0 spiro atoms. The first-order valence-corrected chi connectivity index (χ1v) is 6.32. The molecule has 0 heterocycles. The van der Waals surface area contributed by atoms with Crippen molar-refractivity contribution in [1.29, 1.82) is 5.26 Å². The Hall–Kier alpha value is -2.22. The molecular formula is C14H19N3O2. The van der Waals surface area contributed by atoms with Gasteiger partial charge in [0.05, 0.1) is 17.3 Å². The van der Waals surface area contributed by atoms with Crippen molar-refractivity contribution < 1.29 is 9.53 Å². The minimum absolute atomic E-state index is 0.169. The monoisotopic (exact) mass is 261 g/mol. The van der Waals surface area contributed by atoms with Gasteiger partial charge in [-0.2, -0.15) is 5.26 Å². The van der Waals surface area contributed by atoms with Gasteiger partial charge in [0.2, 0.25) is 0 Å². The molecule has 1 unspecified atom stereocenters. The molecular weight excluding hydrogens is 242 g/mol. The Morgan fingerprint density at radius 2 is 2.32 bits per heavy atom. The Kier molecular flexibility index (Phi) is 5.68. The topological polar surface area (TPSA) is 88.1 Å². The molecule has 1 aromatic carbocycles. The van der Waals surface area contributed by atoms with Crippen LogP contribution < -0.4 is 15.8 Å². The largest absolute Gasteiger partial charge is 0.479 e. The maximum absolute atomic E-state index is 11.7. The summed E-state index contributed by atoms with van der Waals surface area (Å²) in [6.45, 7) is 4.37. The predicted molar refractivity (Wildman–Crippen MR) is 73.6 cm³/mol. The summed E-state index contributed by atoms with van der Waals surface area (Å²) in [6, 6.07) is 6.72. The standard InChI is InChI=1S/C14H19N3O2/c1-3-4-7-17-14(18)10(2)19-13-6-5-11(9-15)8-12(13)16/h5-6,8,10H,3-4,7,16H2,1-2H3,(H,17,18). The lowest BCUT2D eigenvalue weighted by molar-refractivity contribution is -0.127. The number of hydrogen-bond donors (Lipinski definition) is 2. The molecule has 0 aliphatic heterocycles. The van der Waals surface area contributed by atoms with Crippen molar-refractivity contribution in [2.45, 2.75) is 32.8 Å². The molecule has 1 aromatic rings. The van der Waals surface area contributed by atoms with Crippen molar-refractivity contribution in [3.63, 3.8) is 0 Å². The van der Waals surface area contributed by atoms with Crippen molar-refractivity contribution in [1.82, 2.24) is 5.32 Å². The summed E-state index contributed by atoms with van der Waals surface area (Å²) < 4.78 is 5.49. The van der Waals surface area contributed by atoms with Crippen molar-refractivity contribution in [3.8, 4) is 11.8 Å². The lowest BCUT2D eigenvalue weighted by Gasteiger charge is -2.16. The van der Waals surface area contributed by atoms with E-state index in [4.69, 9.17) is 15.7 Å². The summed E-state index contributed by atoms with van der Waals surface area (Å²) in [4.78, 5) is 11.7. The summed E-state index contributed by atoms with van der Waals surface area (Å²) in [7, 11) is 0. The summed E-state index contributed by atoms with van der Waals surface area (Å²) in [5.41, 5.74) is 6.58. The number of hydrogen-bond acceptors (Lipinski definition) is 4. The molecule has 0 aromatic heterocycles. The zero-order chi connectivity index (χ0) is 14.3. The van der Waals surface area contributed by atoms with Crippen LogP contribution in [0.25, 0.3) is 0 Å². The molecule has 0 aliphatic carbocycles.